The fourth-order valence-corrected chi connectivity index (χ4v) is 3.29. The van der Waals surface area contributed by atoms with E-state index in [1.54, 1.807) is 18.2 Å². The second-order valence-electron chi connectivity index (χ2n) is 9.15. The van der Waals surface area contributed by atoms with E-state index in [1.807, 2.05) is 63.2 Å². The summed E-state index contributed by atoms with van der Waals surface area (Å²) in [5.41, 5.74) is 1.45. The standard InChI is InChI=1S/C26H34BN3O4/c1-26(2,3)30-25(31)22(19-28)17-21-11-7-12-23(18-21)34-16-8-15-29-24(27(32)33)14-13-20-9-5-4-6-10-20/h4-7,9-12,17-18,24,29,32-33H,8,13-16H2,1-3H3,(H,30,31)/t24-/m0/s1. The van der Waals surface area contributed by atoms with Crippen molar-refractivity contribution in [3.05, 3.63) is 71.3 Å². The van der Waals surface area contributed by atoms with Gasteiger partial charge in [0.25, 0.3) is 5.91 Å². The molecule has 0 aliphatic heterocycles. The molecule has 0 saturated carbocycles. The molecule has 8 heteroatoms. The van der Waals surface area contributed by atoms with Crippen LogP contribution in [-0.4, -0.2) is 47.7 Å². The van der Waals surface area contributed by atoms with Crippen LogP contribution in [0.3, 0.4) is 0 Å². The molecule has 0 aliphatic carbocycles. The minimum Gasteiger partial charge on any atom is -0.494 e. The SMILES string of the molecule is CC(C)(C)NC(=O)C(C#N)=Cc1cccc(OCCCN[C@@H](CCc2ccccc2)B(O)O)c1. The predicted molar refractivity (Wildman–Crippen MR) is 135 cm³/mol. The number of rotatable bonds is 12. The van der Waals surface area contributed by atoms with Crippen molar-refractivity contribution >= 4 is 19.1 Å². The quantitative estimate of drug-likeness (QED) is 0.167. The number of carbonyl (C=O) groups is 1. The first-order valence-corrected chi connectivity index (χ1v) is 11.5. The smallest absolute Gasteiger partial charge is 0.469 e. The second-order valence-corrected chi connectivity index (χ2v) is 9.15. The van der Waals surface area contributed by atoms with Gasteiger partial charge in [-0.05, 0) is 75.9 Å². The third-order valence-electron chi connectivity index (χ3n) is 4.97. The van der Waals surface area contributed by atoms with E-state index in [4.69, 9.17) is 4.74 Å². The number of ether oxygens (including phenoxy) is 1. The summed E-state index contributed by atoms with van der Waals surface area (Å²) in [6, 6.07) is 19.1. The van der Waals surface area contributed by atoms with Crippen molar-refractivity contribution in [2.75, 3.05) is 13.2 Å². The van der Waals surface area contributed by atoms with Crippen molar-refractivity contribution in [2.45, 2.75) is 51.5 Å². The van der Waals surface area contributed by atoms with Crippen LogP contribution in [0.5, 0.6) is 5.75 Å². The summed E-state index contributed by atoms with van der Waals surface area (Å²) in [7, 11) is -1.43. The number of hydrogen-bond acceptors (Lipinski definition) is 6. The monoisotopic (exact) mass is 463 g/mol. The van der Waals surface area contributed by atoms with Crippen LogP contribution >= 0.6 is 0 Å². The zero-order valence-corrected chi connectivity index (χ0v) is 20.1. The van der Waals surface area contributed by atoms with Crippen molar-refractivity contribution < 1.29 is 19.6 Å². The number of nitrogens with one attached hydrogen (secondary N) is 2. The highest BCUT2D eigenvalue weighted by atomic mass is 16.5. The van der Waals surface area contributed by atoms with Crippen molar-refractivity contribution in [1.82, 2.24) is 10.6 Å². The van der Waals surface area contributed by atoms with Crippen molar-refractivity contribution in [1.29, 1.82) is 5.26 Å². The summed E-state index contributed by atoms with van der Waals surface area (Å²) in [6.07, 6.45) is 3.58. The topological polar surface area (TPSA) is 115 Å². The minimum atomic E-state index is -1.43. The van der Waals surface area contributed by atoms with Gasteiger partial charge in [-0.25, -0.2) is 0 Å². The van der Waals surface area contributed by atoms with Crippen LogP contribution in [0, 0.1) is 11.3 Å². The molecule has 34 heavy (non-hydrogen) atoms. The number of benzene rings is 2. The third-order valence-corrected chi connectivity index (χ3v) is 4.97. The number of nitriles is 1. The molecule has 2 aromatic rings. The molecule has 2 aromatic carbocycles. The van der Waals surface area contributed by atoms with Crippen LogP contribution in [0.25, 0.3) is 6.08 Å². The summed E-state index contributed by atoms with van der Waals surface area (Å²) in [4.78, 5) is 12.3. The van der Waals surface area contributed by atoms with E-state index in [2.05, 4.69) is 10.6 Å². The predicted octanol–water partition coefficient (Wildman–Crippen LogP) is 2.88. The van der Waals surface area contributed by atoms with E-state index >= 15 is 0 Å². The van der Waals surface area contributed by atoms with Crippen LogP contribution in [0.1, 0.15) is 44.7 Å². The van der Waals surface area contributed by atoms with Crippen LogP contribution < -0.4 is 15.4 Å². The van der Waals surface area contributed by atoms with Gasteiger partial charge in [-0.3, -0.25) is 4.79 Å². The fourth-order valence-electron chi connectivity index (χ4n) is 3.29. The van der Waals surface area contributed by atoms with Crippen LogP contribution in [0.2, 0.25) is 0 Å². The second kappa shape index (κ2) is 13.6. The highest BCUT2D eigenvalue weighted by Gasteiger charge is 2.22. The summed E-state index contributed by atoms with van der Waals surface area (Å²) in [5, 5.41) is 34.6. The van der Waals surface area contributed by atoms with Crippen LogP contribution in [0.15, 0.2) is 60.2 Å². The van der Waals surface area contributed by atoms with Gasteiger partial charge < -0.3 is 25.4 Å². The number of aryl methyl sites for hydroxylation is 1. The molecule has 0 radical (unpaired) electrons. The summed E-state index contributed by atoms with van der Waals surface area (Å²) in [6.45, 7) is 6.58. The Morgan fingerprint density at radius 2 is 1.91 bits per heavy atom. The van der Waals surface area contributed by atoms with Gasteiger partial charge >= 0.3 is 7.12 Å². The lowest BCUT2D eigenvalue weighted by Gasteiger charge is -2.20. The Morgan fingerprint density at radius 1 is 1.18 bits per heavy atom. The first-order chi connectivity index (χ1) is 16.2. The molecule has 4 N–H and O–H groups in total. The van der Waals surface area contributed by atoms with Gasteiger partial charge in [0, 0.05) is 11.5 Å². The Morgan fingerprint density at radius 3 is 2.56 bits per heavy atom. The maximum absolute atomic E-state index is 12.3. The summed E-state index contributed by atoms with van der Waals surface area (Å²) >= 11 is 0. The average Bonchev–Trinajstić information content (AvgIpc) is 2.78. The maximum Gasteiger partial charge on any atom is 0.469 e. The van der Waals surface area contributed by atoms with Crippen LogP contribution in [0.4, 0.5) is 0 Å². The number of hydrogen-bond donors (Lipinski definition) is 4. The minimum absolute atomic E-state index is 0.0281. The molecular weight excluding hydrogens is 429 g/mol. The molecule has 0 spiro atoms. The van der Waals surface area contributed by atoms with Crippen molar-refractivity contribution in [3.8, 4) is 11.8 Å². The number of nitrogens with zero attached hydrogens (tertiary/aromatic N) is 1. The molecule has 0 saturated heterocycles. The Bertz CT molecular complexity index is 982. The molecule has 180 valence electrons. The molecule has 1 amide bonds. The molecule has 1 atom stereocenters. The Hall–Kier alpha value is -3.12. The lowest BCUT2D eigenvalue weighted by Crippen LogP contribution is -2.44. The zero-order chi connectivity index (χ0) is 25.0. The van der Waals surface area contributed by atoms with E-state index in [0.717, 1.165) is 12.0 Å². The van der Waals surface area contributed by atoms with E-state index in [1.165, 1.54) is 6.08 Å². The number of carbonyl (C=O) groups excluding carboxylic acids is 1. The number of amides is 1. The normalized spacial score (nSPS) is 12.5. The Balaban J connectivity index is 1.82. The first-order valence-electron chi connectivity index (χ1n) is 11.5. The molecule has 2 rings (SSSR count). The molecule has 0 aliphatic rings. The highest BCUT2D eigenvalue weighted by molar-refractivity contribution is 6.43. The van der Waals surface area contributed by atoms with Gasteiger partial charge in [0.15, 0.2) is 0 Å². The molecular formula is C26H34BN3O4. The molecule has 0 heterocycles. The van der Waals surface area contributed by atoms with Crippen molar-refractivity contribution in [3.63, 3.8) is 0 Å². The van der Waals surface area contributed by atoms with E-state index in [0.29, 0.717) is 37.3 Å². The summed E-state index contributed by atoms with van der Waals surface area (Å²) < 4.78 is 5.80. The lowest BCUT2D eigenvalue weighted by molar-refractivity contribution is -0.118. The molecule has 0 unspecified atom stereocenters. The average molecular weight is 463 g/mol. The van der Waals surface area contributed by atoms with Gasteiger partial charge in [0.1, 0.15) is 17.4 Å². The van der Waals surface area contributed by atoms with Crippen LogP contribution in [-0.2, 0) is 11.2 Å². The zero-order valence-electron chi connectivity index (χ0n) is 20.1. The molecule has 0 bridgehead atoms. The van der Waals surface area contributed by atoms with Gasteiger partial charge in [-0.1, -0.05) is 42.5 Å². The summed E-state index contributed by atoms with van der Waals surface area (Å²) in [5.74, 6) is -0.206. The first kappa shape index (κ1) is 27.1. The molecule has 0 fully saturated rings. The Kier molecular flexibility index (Phi) is 10.8. The Labute approximate surface area is 202 Å². The fraction of sp³-hybridized carbons (Fsp3) is 0.385. The largest absolute Gasteiger partial charge is 0.494 e. The van der Waals surface area contributed by atoms with Gasteiger partial charge in [0.2, 0.25) is 0 Å². The third kappa shape index (κ3) is 10.2. The van der Waals surface area contributed by atoms with E-state index in [-0.39, 0.29) is 5.57 Å². The van der Waals surface area contributed by atoms with Gasteiger partial charge in [0.05, 0.1) is 6.61 Å². The highest BCUT2D eigenvalue weighted by Crippen LogP contribution is 2.17. The van der Waals surface area contributed by atoms with Gasteiger partial charge in [-0.15, -0.1) is 0 Å². The molecule has 0 aromatic heterocycles. The maximum atomic E-state index is 12.3. The van der Waals surface area contributed by atoms with Crippen molar-refractivity contribution in [2.24, 2.45) is 0 Å². The van der Waals surface area contributed by atoms with Gasteiger partial charge in [-0.2, -0.15) is 5.26 Å². The lowest BCUT2D eigenvalue weighted by atomic mass is 9.76. The molecule has 7 nitrogen and oxygen atoms in total. The van der Waals surface area contributed by atoms with E-state index < -0.39 is 24.5 Å². The van der Waals surface area contributed by atoms with E-state index in [9.17, 15) is 20.1 Å².